The summed E-state index contributed by atoms with van der Waals surface area (Å²) in [7, 11) is -4.17. The van der Waals surface area contributed by atoms with Gasteiger partial charge in [0.05, 0.1) is 21.6 Å². The number of benzene rings is 2. The standard InChI is InChI=1S/C22H16F4N4O4S/c23-18-6-5-17(8-19(18)34-12-22(24,25)26)35(32,33)16-3-1-13(2-4-16)9-28-21(31)15-7-14-11-29-30-20(14)27-10-15/h1-8,10-11H,9,12H2,(H,28,31)(H,27,29,30). The van der Waals surface area contributed by atoms with Crippen molar-refractivity contribution in [2.45, 2.75) is 22.5 Å². The van der Waals surface area contributed by atoms with E-state index in [0.29, 0.717) is 28.2 Å². The average Bonchev–Trinajstić information content (AvgIpc) is 3.29. The fourth-order valence-electron chi connectivity index (χ4n) is 3.09. The normalized spacial score (nSPS) is 12.0. The predicted octanol–water partition coefficient (Wildman–Crippen LogP) is 3.80. The topological polar surface area (TPSA) is 114 Å². The molecule has 2 aromatic carbocycles. The SMILES string of the molecule is O=C(NCc1ccc(S(=O)(=O)c2ccc(F)c(OCC(F)(F)F)c2)cc1)c1cnc2[nH]ncc2c1. The fraction of sp³-hybridized carbons (Fsp3) is 0.136. The van der Waals surface area contributed by atoms with Crippen molar-refractivity contribution in [1.82, 2.24) is 20.5 Å². The van der Waals surface area contributed by atoms with Gasteiger partial charge >= 0.3 is 6.18 Å². The number of H-pyrrole nitrogens is 1. The summed E-state index contributed by atoms with van der Waals surface area (Å²) in [5.41, 5.74) is 1.44. The van der Waals surface area contributed by atoms with Crippen LogP contribution >= 0.6 is 0 Å². The number of carbonyl (C=O) groups excluding carboxylic acids is 1. The first-order chi connectivity index (χ1) is 16.5. The third-order valence-corrected chi connectivity index (χ3v) is 6.61. The number of sulfone groups is 1. The van der Waals surface area contributed by atoms with E-state index in [2.05, 4.69) is 25.2 Å². The van der Waals surface area contributed by atoms with E-state index < -0.39 is 45.0 Å². The van der Waals surface area contributed by atoms with Gasteiger partial charge in [0.1, 0.15) is 0 Å². The van der Waals surface area contributed by atoms with E-state index in [0.717, 1.165) is 12.1 Å². The molecule has 4 aromatic rings. The molecule has 0 saturated carbocycles. The molecule has 0 bridgehead atoms. The van der Waals surface area contributed by atoms with Crippen LogP contribution in [0.2, 0.25) is 0 Å². The van der Waals surface area contributed by atoms with Crippen molar-refractivity contribution < 1.29 is 35.5 Å². The lowest BCUT2D eigenvalue weighted by Gasteiger charge is -2.12. The number of aromatic nitrogens is 3. The number of amides is 1. The lowest BCUT2D eigenvalue weighted by atomic mass is 10.2. The molecule has 0 aliphatic heterocycles. The van der Waals surface area contributed by atoms with Gasteiger partial charge in [-0.1, -0.05) is 12.1 Å². The maximum Gasteiger partial charge on any atom is 0.422 e. The quantitative estimate of drug-likeness (QED) is 0.290. The van der Waals surface area contributed by atoms with Crippen molar-refractivity contribution in [2.75, 3.05) is 6.61 Å². The average molecular weight is 508 g/mol. The van der Waals surface area contributed by atoms with Crippen LogP contribution in [0.25, 0.3) is 11.0 Å². The number of rotatable bonds is 7. The van der Waals surface area contributed by atoms with Gasteiger partial charge < -0.3 is 10.1 Å². The lowest BCUT2D eigenvalue weighted by molar-refractivity contribution is -0.153. The molecule has 2 heterocycles. The Balaban J connectivity index is 1.45. The van der Waals surface area contributed by atoms with Crippen LogP contribution < -0.4 is 10.1 Å². The highest BCUT2D eigenvalue weighted by molar-refractivity contribution is 7.91. The van der Waals surface area contributed by atoms with Crippen LogP contribution in [0.15, 0.2) is 70.7 Å². The van der Waals surface area contributed by atoms with Crippen LogP contribution in [0, 0.1) is 5.82 Å². The zero-order valence-electron chi connectivity index (χ0n) is 17.6. The summed E-state index contributed by atoms with van der Waals surface area (Å²) in [6.45, 7) is -1.67. The number of nitrogens with one attached hydrogen (secondary N) is 2. The van der Waals surface area contributed by atoms with Crippen LogP contribution in [0.3, 0.4) is 0 Å². The van der Waals surface area contributed by atoms with Gasteiger partial charge in [-0.2, -0.15) is 18.3 Å². The van der Waals surface area contributed by atoms with E-state index in [1.54, 1.807) is 6.07 Å². The molecular weight excluding hydrogens is 492 g/mol. The Morgan fingerprint density at radius 1 is 1.03 bits per heavy atom. The molecule has 2 N–H and O–H groups in total. The smallest absolute Gasteiger partial charge is 0.422 e. The van der Waals surface area contributed by atoms with Gasteiger partial charge in [0, 0.05) is 24.2 Å². The highest BCUT2D eigenvalue weighted by atomic mass is 32.2. The maximum atomic E-state index is 13.8. The third-order valence-electron chi connectivity index (χ3n) is 4.84. The van der Waals surface area contributed by atoms with Gasteiger partial charge in [-0.25, -0.2) is 17.8 Å². The van der Waals surface area contributed by atoms with Gasteiger partial charge in [-0.05, 0) is 35.9 Å². The molecule has 0 saturated heterocycles. The van der Waals surface area contributed by atoms with Crippen LogP contribution in [0.4, 0.5) is 17.6 Å². The molecule has 8 nitrogen and oxygen atoms in total. The molecule has 182 valence electrons. The number of aromatic amines is 1. The van der Waals surface area contributed by atoms with Crippen molar-refractivity contribution in [1.29, 1.82) is 0 Å². The summed E-state index contributed by atoms with van der Waals surface area (Å²) in [6, 6.07) is 9.46. The Morgan fingerprint density at radius 3 is 2.46 bits per heavy atom. The molecule has 0 aliphatic rings. The number of nitrogens with zero attached hydrogens (tertiary/aromatic N) is 2. The van der Waals surface area contributed by atoms with Gasteiger partial charge in [0.2, 0.25) is 9.84 Å². The fourth-order valence-corrected chi connectivity index (χ4v) is 4.36. The van der Waals surface area contributed by atoms with Crippen molar-refractivity contribution in [3.63, 3.8) is 0 Å². The second-order valence-electron chi connectivity index (χ2n) is 7.36. The Labute approximate surface area is 195 Å². The Kier molecular flexibility index (Phi) is 6.43. The predicted molar refractivity (Wildman–Crippen MR) is 115 cm³/mol. The summed E-state index contributed by atoms with van der Waals surface area (Å²) >= 11 is 0. The minimum Gasteiger partial charge on any atom is -0.481 e. The molecule has 13 heteroatoms. The Morgan fingerprint density at radius 2 is 1.74 bits per heavy atom. The van der Waals surface area contributed by atoms with E-state index in [4.69, 9.17) is 0 Å². The number of alkyl halides is 3. The van der Waals surface area contributed by atoms with Crippen LogP contribution in [0.1, 0.15) is 15.9 Å². The molecule has 0 radical (unpaired) electrons. The van der Waals surface area contributed by atoms with Gasteiger partial charge in [-0.15, -0.1) is 0 Å². The number of hydrogen-bond acceptors (Lipinski definition) is 6. The summed E-state index contributed by atoms with van der Waals surface area (Å²) in [4.78, 5) is 15.9. The third kappa shape index (κ3) is 5.57. The Hall–Kier alpha value is -4.00. The number of pyridine rings is 1. The second kappa shape index (κ2) is 9.33. The monoisotopic (exact) mass is 508 g/mol. The molecule has 1 amide bonds. The lowest BCUT2D eigenvalue weighted by Crippen LogP contribution is -2.22. The van der Waals surface area contributed by atoms with Gasteiger partial charge in [-0.3, -0.25) is 9.89 Å². The first kappa shape index (κ1) is 24.1. The summed E-state index contributed by atoms with van der Waals surface area (Å²) in [5.74, 6) is -2.35. The zero-order valence-corrected chi connectivity index (χ0v) is 18.5. The summed E-state index contributed by atoms with van der Waals surface area (Å²) in [5, 5.41) is 9.87. The number of halogens is 4. The van der Waals surface area contributed by atoms with E-state index in [-0.39, 0.29) is 11.4 Å². The zero-order chi connectivity index (χ0) is 25.2. The van der Waals surface area contributed by atoms with Gasteiger partial charge in [0.25, 0.3) is 5.91 Å². The molecule has 0 aliphatic carbocycles. The minimum atomic E-state index is -4.71. The minimum absolute atomic E-state index is 0.0918. The number of fused-ring (bicyclic) bond motifs is 1. The molecule has 2 aromatic heterocycles. The maximum absolute atomic E-state index is 13.8. The highest BCUT2D eigenvalue weighted by Gasteiger charge is 2.29. The van der Waals surface area contributed by atoms with E-state index in [1.807, 2.05) is 0 Å². The summed E-state index contributed by atoms with van der Waals surface area (Å²) in [6.07, 6.45) is -1.79. The molecule has 0 spiro atoms. The Bertz CT molecular complexity index is 1490. The molecular formula is C22H16F4N4O4S. The van der Waals surface area contributed by atoms with Crippen molar-refractivity contribution in [3.8, 4) is 5.75 Å². The van der Waals surface area contributed by atoms with E-state index in [9.17, 15) is 30.8 Å². The number of hydrogen-bond donors (Lipinski definition) is 2. The number of carbonyl (C=O) groups is 1. The molecule has 0 atom stereocenters. The van der Waals surface area contributed by atoms with Crippen LogP contribution in [0.5, 0.6) is 5.75 Å². The van der Waals surface area contributed by atoms with E-state index >= 15 is 0 Å². The molecule has 4 rings (SSSR count). The second-order valence-corrected chi connectivity index (χ2v) is 9.31. The summed E-state index contributed by atoms with van der Waals surface area (Å²) < 4.78 is 81.0. The first-order valence-electron chi connectivity index (χ1n) is 9.93. The van der Waals surface area contributed by atoms with Crippen molar-refractivity contribution >= 4 is 26.8 Å². The number of ether oxygens (including phenoxy) is 1. The first-order valence-corrected chi connectivity index (χ1v) is 11.4. The molecule has 0 fully saturated rings. The largest absolute Gasteiger partial charge is 0.481 e. The van der Waals surface area contributed by atoms with Crippen molar-refractivity contribution in [3.05, 3.63) is 77.9 Å². The highest BCUT2D eigenvalue weighted by Crippen LogP contribution is 2.28. The van der Waals surface area contributed by atoms with Crippen LogP contribution in [-0.2, 0) is 16.4 Å². The molecule has 0 unspecified atom stereocenters. The molecule has 35 heavy (non-hydrogen) atoms. The van der Waals surface area contributed by atoms with Gasteiger partial charge in [0.15, 0.2) is 23.8 Å². The van der Waals surface area contributed by atoms with Crippen LogP contribution in [-0.4, -0.2) is 42.3 Å². The van der Waals surface area contributed by atoms with Crippen molar-refractivity contribution in [2.24, 2.45) is 0 Å². The van der Waals surface area contributed by atoms with E-state index in [1.165, 1.54) is 36.7 Å².